The van der Waals surface area contributed by atoms with Crippen LogP contribution in [0.1, 0.15) is 0 Å². The summed E-state index contributed by atoms with van der Waals surface area (Å²) in [6.07, 6.45) is 5.05. The molecule has 16 heavy (non-hydrogen) atoms. The Labute approximate surface area is 97.3 Å². The van der Waals surface area contributed by atoms with Gasteiger partial charge in [0.15, 0.2) is 0 Å². The normalized spacial score (nSPS) is 18.9. The molecule has 5 heteroatoms. The van der Waals surface area contributed by atoms with Crippen molar-refractivity contribution >= 4 is 17.3 Å². The highest BCUT2D eigenvalue weighted by Crippen LogP contribution is 2.21. The van der Waals surface area contributed by atoms with Crippen LogP contribution < -0.4 is 15.8 Å². The Balaban J connectivity index is 2.15. The van der Waals surface area contributed by atoms with Gasteiger partial charge in [-0.3, -0.25) is 0 Å². The van der Waals surface area contributed by atoms with Crippen LogP contribution in [0, 0.1) is 5.82 Å². The zero-order chi connectivity index (χ0) is 11.5. The molecule has 0 aromatic heterocycles. The molecule has 1 aliphatic rings. The van der Waals surface area contributed by atoms with Crippen molar-refractivity contribution in [1.82, 2.24) is 5.32 Å². The van der Waals surface area contributed by atoms with E-state index in [0.29, 0.717) is 11.5 Å². The third-order valence-corrected chi connectivity index (χ3v) is 2.27. The maximum atomic E-state index is 13.1. The number of halogens is 2. The van der Waals surface area contributed by atoms with Crippen LogP contribution in [0.25, 0.3) is 0 Å². The van der Waals surface area contributed by atoms with E-state index in [0.717, 1.165) is 0 Å². The van der Waals surface area contributed by atoms with Gasteiger partial charge in [-0.05, 0) is 24.3 Å². The minimum Gasteiger partial charge on any atom is -0.457 e. The topological polar surface area (TPSA) is 47.3 Å². The van der Waals surface area contributed by atoms with Crippen LogP contribution in [0.2, 0.25) is 0 Å². The van der Waals surface area contributed by atoms with Gasteiger partial charge in [-0.15, -0.1) is 0 Å². The summed E-state index contributed by atoms with van der Waals surface area (Å²) in [6.45, 7) is 0. The first-order valence-electron chi connectivity index (χ1n) is 4.66. The van der Waals surface area contributed by atoms with E-state index in [1.807, 2.05) is 0 Å². The van der Waals surface area contributed by atoms with E-state index in [1.54, 1.807) is 24.4 Å². The fourth-order valence-electron chi connectivity index (χ4n) is 1.25. The van der Waals surface area contributed by atoms with Crippen molar-refractivity contribution in [2.75, 3.05) is 5.73 Å². The first kappa shape index (κ1) is 10.8. The third-order valence-electron chi connectivity index (χ3n) is 2.02. The number of hydrogen-bond donors (Lipinski definition) is 2. The van der Waals surface area contributed by atoms with Gasteiger partial charge in [0.1, 0.15) is 22.8 Å². The highest BCUT2D eigenvalue weighted by atomic mass is 35.5. The molecule has 0 saturated carbocycles. The zero-order valence-electron chi connectivity index (χ0n) is 8.28. The summed E-state index contributed by atoms with van der Waals surface area (Å²) in [5, 5.41) is 2.85. The minimum atomic E-state index is -0.501. The van der Waals surface area contributed by atoms with Crippen LogP contribution in [0.5, 0.6) is 5.75 Å². The molecule has 0 amide bonds. The van der Waals surface area contributed by atoms with Gasteiger partial charge in [0.25, 0.3) is 0 Å². The number of nitrogens with two attached hydrogens (primary N) is 1. The van der Waals surface area contributed by atoms with E-state index < -0.39 is 5.82 Å². The Bertz CT molecular complexity index is 459. The summed E-state index contributed by atoms with van der Waals surface area (Å²) in [5.74, 6) is 0.440. The van der Waals surface area contributed by atoms with E-state index in [2.05, 4.69) is 5.32 Å². The number of benzene rings is 1. The van der Waals surface area contributed by atoms with E-state index in [9.17, 15) is 4.39 Å². The van der Waals surface area contributed by atoms with E-state index in [1.165, 1.54) is 12.1 Å². The van der Waals surface area contributed by atoms with Crippen LogP contribution in [0.3, 0.4) is 0 Å². The summed E-state index contributed by atoms with van der Waals surface area (Å²) in [4.78, 5) is 0. The molecule has 0 radical (unpaired) electrons. The van der Waals surface area contributed by atoms with Crippen molar-refractivity contribution in [3.05, 3.63) is 48.1 Å². The molecule has 1 aromatic carbocycles. The Kier molecular flexibility index (Phi) is 3.01. The lowest BCUT2D eigenvalue weighted by molar-refractivity contribution is 0.434. The smallest absolute Gasteiger partial charge is 0.149 e. The first-order valence-corrected chi connectivity index (χ1v) is 5.10. The van der Waals surface area contributed by atoms with Crippen molar-refractivity contribution in [2.45, 2.75) is 5.50 Å². The zero-order valence-corrected chi connectivity index (χ0v) is 9.04. The Morgan fingerprint density at radius 1 is 1.44 bits per heavy atom. The standard InChI is InChI=1S/C11H10ClFN2O/c12-11-6-8(3-4-15-11)16-7-1-2-10(14)9(13)5-7/h1-6,11,15H,14H2. The maximum Gasteiger partial charge on any atom is 0.149 e. The quantitative estimate of drug-likeness (QED) is 0.474. The molecule has 1 aliphatic heterocycles. The highest BCUT2D eigenvalue weighted by molar-refractivity contribution is 6.21. The molecule has 1 aromatic rings. The number of nitrogens with one attached hydrogen (secondary N) is 1. The third kappa shape index (κ3) is 2.46. The summed E-state index contributed by atoms with van der Waals surface area (Å²) in [7, 11) is 0. The molecule has 0 fully saturated rings. The van der Waals surface area contributed by atoms with Crippen molar-refractivity contribution in [3.8, 4) is 5.75 Å². The molecule has 1 atom stereocenters. The lowest BCUT2D eigenvalue weighted by atomic mass is 10.3. The molecule has 2 rings (SSSR count). The molecule has 1 heterocycles. The number of anilines is 1. The lowest BCUT2D eigenvalue weighted by Gasteiger charge is -2.14. The summed E-state index contributed by atoms with van der Waals surface area (Å²) in [6, 6.07) is 4.28. The first-order chi connectivity index (χ1) is 7.65. The largest absolute Gasteiger partial charge is 0.457 e. The molecular weight excluding hydrogens is 231 g/mol. The van der Waals surface area contributed by atoms with Gasteiger partial charge >= 0.3 is 0 Å². The number of hydrogen-bond acceptors (Lipinski definition) is 3. The maximum absolute atomic E-state index is 13.1. The molecule has 0 saturated heterocycles. The molecule has 3 N–H and O–H groups in total. The SMILES string of the molecule is Nc1ccc(OC2=CC(Cl)NC=C2)cc1F. The van der Waals surface area contributed by atoms with Crippen molar-refractivity contribution in [2.24, 2.45) is 0 Å². The number of alkyl halides is 1. The number of rotatable bonds is 2. The monoisotopic (exact) mass is 240 g/mol. The van der Waals surface area contributed by atoms with Crippen molar-refractivity contribution in [1.29, 1.82) is 0 Å². The lowest BCUT2D eigenvalue weighted by Crippen LogP contribution is -2.19. The van der Waals surface area contributed by atoms with Gasteiger partial charge in [-0.1, -0.05) is 11.6 Å². The van der Waals surface area contributed by atoms with E-state index in [-0.39, 0.29) is 11.2 Å². The van der Waals surface area contributed by atoms with Crippen molar-refractivity contribution < 1.29 is 9.13 Å². The van der Waals surface area contributed by atoms with Crippen LogP contribution in [-0.2, 0) is 0 Å². The second kappa shape index (κ2) is 4.45. The fraction of sp³-hybridized carbons (Fsp3) is 0.0909. The molecule has 84 valence electrons. The van der Waals surface area contributed by atoms with E-state index in [4.69, 9.17) is 22.1 Å². The average Bonchev–Trinajstić information content (AvgIpc) is 2.24. The van der Waals surface area contributed by atoms with Crippen LogP contribution >= 0.6 is 11.6 Å². The second-order valence-electron chi connectivity index (χ2n) is 3.26. The summed E-state index contributed by atoms with van der Waals surface area (Å²) < 4.78 is 18.5. The van der Waals surface area contributed by atoms with Crippen molar-refractivity contribution in [3.63, 3.8) is 0 Å². The molecule has 0 aliphatic carbocycles. The summed E-state index contributed by atoms with van der Waals surface area (Å²) >= 11 is 5.82. The Morgan fingerprint density at radius 3 is 2.94 bits per heavy atom. The second-order valence-corrected chi connectivity index (χ2v) is 3.73. The molecule has 0 bridgehead atoms. The minimum absolute atomic E-state index is 0.0948. The summed E-state index contributed by atoms with van der Waals surface area (Å²) in [5.41, 5.74) is 5.13. The Morgan fingerprint density at radius 2 is 2.25 bits per heavy atom. The van der Waals surface area contributed by atoms with Crippen LogP contribution in [-0.4, -0.2) is 5.50 Å². The van der Waals surface area contributed by atoms with Gasteiger partial charge in [0.2, 0.25) is 0 Å². The molecular formula is C11H10ClFN2O. The average molecular weight is 241 g/mol. The Hall–Kier alpha value is -1.68. The number of nitrogen functional groups attached to an aromatic ring is 1. The predicted octanol–water partition coefficient (Wildman–Crippen LogP) is 2.35. The van der Waals surface area contributed by atoms with E-state index >= 15 is 0 Å². The number of ether oxygens (including phenoxy) is 1. The highest BCUT2D eigenvalue weighted by Gasteiger charge is 2.07. The van der Waals surface area contributed by atoms with Gasteiger partial charge in [-0.2, -0.15) is 0 Å². The molecule has 1 unspecified atom stereocenters. The van der Waals surface area contributed by atoms with Gasteiger partial charge in [0.05, 0.1) is 5.69 Å². The number of dihydropyridines is 1. The van der Waals surface area contributed by atoms with Gasteiger partial charge in [0, 0.05) is 12.3 Å². The van der Waals surface area contributed by atoms with Gasteiger partial charge < -0.3 is 15.8 Å². The van der Waals surface area contributed by atoms with Crippen LogP contribution in [0.15, 0.2) is 42.3 Å². The molecule has 3 nitrogen and oxygen atoms in total. The predicted molar refractivity (Wildman–Crippen MR) is 61.4 cm³/mol. The van der Waals surface area contributed by atoms with Crippen LogP contribution in [0.4, 0.5) is 10.1 Å². The fourth-order valence-corrected chi connectivity index (χ4v) is 1.44. The van der Waals surface area contributed by atoms with Gasteiger partial charge in [-0.25, -0.2) is 4.39 Å². The number of allylic oxidation sites excluding steroid dienone is 1. The molecule has 0 spiro atoms.